The van der Waals surface area contributed by atoms with Gasteiger partial charge < -0.3 is 9.64 Å². The molecule has 0 saturated heterocycles. The molecule has 7 nitrogen and oxygen atoms in total. The molecule has 0 saturated carbocycles. The standard InChI is InChI=1S/C23H22ClF3N4O3/c1-4-34-22(2,23(25,26)27)20(32)31(3)13-14-10-11-17(24)16(12-14)19-28-18(29-21(33)30-19)15-8-6-5-7-9-15/h5-12H,4,13H2,1-3H3,(H,28,29,30,33). The molecule has 0 aliphatic rings. The number of carbonyl (C=O) groups excluding carboxylic acids is 1. The molecule has 0 radical (unpaired) electrons. The lowest BCUT2D eigenvalue weighted by atomic mass is 10.0. The number of ether oxygens (including phenoxy) is 1. The first-order valence-electron chi connectivity index (χ1n) is 10.2. The fourth-order valence-corrected chi connectivity index (χ4v) is 3.55. The van der Waals surface area contributed by atoms with Crippen LogP contribution in [0.4, 0.5) is 13.2 Å². The first-order chi connectivity index (χ1) is 16.0. The van der Waals surface area contributed by atoms with Gasteiger partial charge in [0.25, 0.3) is 5.91 Å². The quantitative estimate of drug-likeness (QED) is 0.523. The number of H-pyrrole nitrogens is 1. The van der Waals surface area contributed by atoms with Gasteiger partial charge in [0.05, 0.1) is 5.02 Å². The number of hydrogen-bond acceptors (Lipinski definition) is 5. The number of rotatable bonds is 7. The Morgan fingerprint density at radius 1 is 1.15 bits per heavy atom. The van der Waals surface area contributed by atoms with E-state index in [1.165, 1.54) is 20.0 Å². The van der Waals surface area contributed by atoms with Crippen molar-refractivity contribution in [2.75, 3.05) is 13.7 Å². The van der Waals surface area contributed by atoms with Gasteiger partial charge in [-0.15, -0.1) is 0 Å². The lowest BCUT2D eigenvalue weighted by Crippen LogP contribution is -2.56. The molecule has 1 aromatic heterocycles. The van der Waals surface area contributed by atoms with Crippen LogP contribution in [0.2, 0.25) is 5.02 Å². The van der Waals surface area contributed by atoms with Crippen molar-refractivity contribution in [2.24, 2.45) is 0 Å². The number of alkyl halides is 3. The van der Waals surface area contributed by atoms with Gasteiger partial charge in [0.1, 0.15) is 5.82 Å². The Bertz CT molecular complexity index is 1230. The van der Waals surface area contributed by atoms with E-state index in [4.69, 9.17) is 16.3 Å². The Hall–Kier alpha value is -3.24. The number of likely N-dealkylation sites (N-methyl/N-ethyl adjacent to an activating group) is 1. The van der Waals surface area contributed by atoms with E-state index in [1.807, 2.05) is 6.07 Å². The van der Waals surface area contributed by atoms with E-state index in [-0.39, 0.29) is 29.8 Å². The van der Waals surface area contributed by atoms with Gasteiger partial charge in [0.2, 0.25) is 5.60 Å². The summed E-state index contributed by atoms with van der Waals surface area (Å²) in [6, 6.07) is 13.5. The van der Waals surface area contributed by atoms with Crippen LogP contribution in [0.15, 0.2) is 53.3 Å². The summed E-state index contributed by atoms with van der Waals surface area (Å²) in [5, 5.41) is 0.250. The maximum Gasteiger partial charge on any atom is 0.426 e. The van der Waals surface area contributed by atoms with Crippen molar-refractivity contribution in [2.45, 2.75) is 32.2 Å². The Morgan fingerprint density at radius 2 is 1.82 bits per heavy atom. The largest absolute Gasteiger partial charge is 0.426 e. The minimum atomic E-state index is -4.90. The number of aromatic amines is 1. The SMILES string of the molecule is CCOC(C)(C(=O)N(C)Cc1ccc(Cl)c(-c2nc(-c3ccccc3)nc(=O)[nH]2)c1)C(F)(F)F. The Morgan fingerprint density at radius 3 is 2.44 bits per heavy atom. The highest BCUT2D eigenvalue weighted by molar-refractivity contribution is 6.33. The van der Waals surface area contributed by atoms with Crippen LogP contribution in [0.1, 0.15) is 19.4 Å². The lowest BCUT2D eigenvalue weighted by molar-refractivity contribution is -0.264. The first kappa shape index (κ1) is 25.4. The summed E-state index contributed by atoms with van der Waals surface area (Å²) in [5.41, 5.74) is -2.20. The van der Waals surface area contributed by atoms with Gasteiger partial charge in [-0.2, -0.15) is 18.2 Å². The molecule has 0 fully saturated rings. The second-order valence-electron chi connectivity index (χ2n) is 7.63. The van der Waals surface area contributed by atoms with E-state index >= 15 is 0 Å². The van der Waals surface area contributed by atoms with Crippen molar-refractivity contribution in [3.8, 4) is 22.8 Å². The maximum atomic E-state index is 13.6. The summed E-state index contributed by atoms with van der Waals surface area (Å²) < 4.78 is 45.5. The van der Waals surface area contributed by atoms with Gasteiger partial charge in [-0.05, 0) is 31.5 Å². The van der Waals surface area contributed by atoms with E-state index in [0.717, 1.165) is 4.90 Å². The molecule has 0 bridgehead atoms. The zero-order valence-corrected chi connectivity index (χ0v) is 19.4. The normalized spacial score (nSPS) is 13.4. The van der Waals surface area contributed by atoms with Gasteiger partial charge in [-0.25, -0.2) is 9.78 Å². The van der Waals surface area contributed by atoms with Crippen molar-refractivity contribution in [3.63, 3.8) is 0 Å². The molecule has 34 heavy (non-hydrogen) atoms. The third-order valence-electron chi connectivity index (χ3n) is 5.12. The Labute approximate surface area is 198 Å². The highest BCUT2D eigenvalue weighted by Crippen LogP contribution is 2.35. The molecule has 1 N–H and O–H groups in total. The minimum absolute atomic E-state index is 0.133. The smallest absolute Gasteiger partial charge is 0.358 e. The number of amides is 1. The number of nitrogens with zero attached hydrogens (tertiary/aromatic N) is 3. The monoisotopic (exact) mass is 494 g/mol. The molecule has 3 rings (SSSR count). The molecular formula is C23H22ClF3N4O3. The second kappa shape index (κ2) is 9.94. The first-order valence-corrected chi connectivity index (χ1v) is 10.6. The van der Waals surface area contributed by atoms with E-state index in [1.54, 1.807) is 36.4 Å². The van der Waals surface area contributed by atoms with Gasteiger partial charge in [0, 0.05) is 31.3 Å². The van der Waals surface area contributed by atoms with Crippen LogP contribution < -0.4 is 5.69 Å². The van der Waals surface area contributed by atoms with E-state index in [2.05, 4.69) is 15.0 Å². The van der Waals surface area contributed by atoms with Crippen LogP contribution in [0.25, 0.3) is 22.8 Å². The van der Waals surface area contributed by atoms with E-state index < -0.39 is 23.4 Å². The van der Waals surface area contributed by atoms with E-state index in [0.29, 0.717) is 23.6 Å². The molecule has 0 aliphatic heterocycles. The van der Waals surface area contributed by atoms with Crippen LogP contribution in [0, 0.1) is 0 Å². The molecule has 2 aromatic carbocycles. The fraction of sp³-hybridized carbons (Fsp3) is 0.304. The topological polar surface area (TPSA) is 88.2 Å². The van der Waals surface area contributed by atoms with Crippen LogP contribution in [0.3, 0.4) is 0 Å². The second-order valence-corrected chi connectivity index (χ2v) is 8.04. The number of nitrogens with one attached hydrogen (secondary N) is 1. The van der Waals surface area contributed by atoms with Crippen LogP contribution in [-0.4, -0.2) is 51.2 Å². The predicted molar refractivity (Wildman–Crippen MR) is 121 cm³/mol. The molecule has 0 aliphatic carbocycles. The number of carbonyl (C=O) groups is 1. The molecule has 11 heteroatoms. The molecule has 180 valence electrons. The zero-order chi connectivity index (χ0) is 25.1. The van der Waals surface area contributed by atoms with Crippen molar-refractivity contribution >= 4 is 17.5 Å². The summed E-state index contributed by atoms with van der Waals surface area (Å²) >= 11 is 6.32. The van der Waals surface area contributed by atoms with Gasteiger partial charge >= 0.3 is 11.9 Å². The van der Waals surface area contributed by atoms with Crippen molar-refractivity contribution < 1.29 is 22.7 Å². The van der Waals surface area contributed by atoms with Gasteiger partial charge in [0.15, 0.2) is 5.82 Å². The molecule has 1 atom stereocenters. The summed E-state index contributed by atoms with van der Waals surface area (Å²) in [6.45, 7) is 1.64. The average Bonchev–Trinajstić information content (AvgIpc) is 2.79. The molecular weight excluding hydrogens is 473 g/mol. The number of hydrogen-bond donors (Lipinski definition) is 1. The summed E-state index contributed by atoms with van der Waals surface area (Å²) in [4.78, 5) is 36.5. The van der Waals surface area contributed by atoms with Crippen molar-refractivity contribution in [1.29, 1.82) is 0 Å². The predicted octanol–water partition coefficient (Wildman–Crippen LogP) is 4.47. The van der Waals surface area contributed by atoms with Gasteiger partial charge in [-0.3, -0.25) is 9.78 Å². The summed E-state index contributed by atoms with van der Waals surface area (Å²) in [5.74, 6) is -0.917. The number of aromatic nitrogens is 3. The molecule has 0 spiro atoms. The van der Waals surface area contributed by atoms with Crippen LogP contribution >= 0.6 is 11.6 Å². The summed E-state index contributed by atoms with van der Waals surface area (Å²) in [6.07, 6.45) is -4.90. The maximum absolute atomic E-state index is 13.6. The molecule has 3 aromatic rings. The Balaban J connectivity index is 1.94. The third kappa shape index (κ3) is 5.28. The highest BCUT2D eigenvalue weighted by Gasteiger charge is 2.59. The molecule has 1 amide bonds. The third-order valence-corrected chi connectivity index (χ3v) is 5.45. The fourth-order valence-electron chi connectivity index (χ4n) is 3.34. The molecule has 1 heterocycles. The van der Waals surface area contributed by atoms with Crippen LogP contribution in [-0.2, 0) is 16.1 Å². The minimum Gasteiger partial charge on any atom is -0.358 e. The lowest BCUT2D eigenvalue weighted by Gasteiger charge is -2.34. The number of halogens is 4. The van der Waals surface area contributed by atoms with E-state index in [9.17, 15) is 22.8 Å². The molecule has 1 unspecified atom stereocenters. The van der Waals surface area contributed by atoms with Crippen LogP contribution in [0.5, 0.6) is 0 Å². The summed E-state index contributed by atoms with van der Waals surface area (Å²) in [7, 11) is 1.25. The van der Waals surface area contributed by atoms with Gasteiger partial charge in [-0.1, -0.05) is 48.0 Å². The highest BCUT2D eigenvalue weighted by atomic mass is 35.5. The van der Waals surface area contributed by atoms with Crippen molar-refractivity contribution in [3.05, 3.63) is 69.6 Å². The zero-order valence-electron chi connectivity index (χ0n) is 18.6. The van der Waals surface area contributed by atoms with Crippen molar-refractivity contribution in [1.82, 2.24) is 19.9 Å². The average molecular weight is 495 g/mol. The number of benzene rings is 2. The Kier molecular flexibility index (Phi) is 7.42.